The molecule has 0 saturated carbocycles. The molecule has 0 unspecified atom stereocenters. The average molecular weight is 250 g/mol. The third-order valence-corrected chi connectivity index (χ3v) is 2.26. The fourth-order valence-corrected chi connectivity index (χ4v) is 1.52. The molecule has 18 heavy (non-hydrogen) atoms. The van der Waals surface area contributed by atoms with Crippen LogP contribution in [0.3, 0.4) is 0 Å². The predicted molar refractivity (Wildman–Crippen MR) is 57.3 cm³/mol. The summed E-state index contributed by atoms with van der Waals surface area (Å²) in [5.74, 6) is -3.10. The van der Waals surface area contributed by atoms with E-state index in [2.05, 4.69) is 15.4 Å². The van der Waals surface area contributed by atoms with Gasteiger partial charge in [-0.25, -0.2) is 9.18 Å². The summed E-state index contributed by atoms with van der Waals surface area (Å²) in [4.78, 5) is 22.1. The molecule has 2 rings (SSSR count). The number of aromatic carboxylic acids is 1. The molecule has 0 fully saturated rings. The van der Waals surface area contributed by atoms with E-state index in [4.69, 9.17) is 10.8 Å². The zero-order chi connectivity index (χ0) is 13.3. The first-order chi connectivity index (χ1) is 8.52. The van der Waals surface area contributed by atoms with Gasteiger partial charge in [0, 0.05) is 0 Å². The van der Waals surface area contributed by atoms with Crippen LogP contribution in [0.5, 0.6) is 0 Å². The van der Waals surface area contributed by atoms with Crippen molar-refractivity contribution < 1.29 is 19.1 Å². The van der Waals surface area contributed by atoms with E-state index in [0.717, 1.165) is 6.07 Å². The molecule has 1 amide bonds. The zero-order valence-electron chi connectivity index (χ0n) is 8.85. The molecule has 0 atom stereocenters. The first kappa shape index (κ1) is 11.7. The SMILES string of the molecule is NC(=O)c1n[nH]nc1-c1c(F)cccc1C(=O)O. The Bertz CT molecular complexity index is 638. The number of carboxylic acid groups (broad SMARTS) is 1. The van der Waals surface area contributed by atoms with Gasteiger partial charge < -0.3 is 10.8 Å². The Hall–Kier alpha value is -2.77. The number of carboxylic acids is 1. The molecule has 1 aromatic carbocycles. The maximum atomic E-state index is 13.7. The molecule has 1 aromatic heterocycles. The van der Waals surface area contributed by atoms with E-state index in [1.807, 2.05) is 0 Å². The Morgan fingerprint density at radius 1 is 1.33 bits per heavy atom. The maximum absolute atomic E-state index is 13.7. The second-order valence-corrected chi connectivity index (χ2v) is 3.35. The van der Waals surface area contributed by atoms with Gasteiger partial charge in [0.05, 0.1) is 11.1 Å². The largest absolute Gasteiger partial charge is 0.478 e. The second kappa shape index (κ2) is 4.24. The van der Waals surface area contributed by atoms with Gasteiger partial charge in [-0.15, -0.1) is 0 Å². The number of rotatable bonds is 3. The molecule has 0 spiro atoms. The molecular weight excluding hydrogens is 243 g/mol. The molecule has 1 heterocycles. The van der Waals surface area contributed by atoms with Crippen molar-refractivity contribution in [3.8, 4) is 11.3 Å². The number of halogens is 1. The lowest BCUT2D eigenvalue weighted by Gasteiger charge is -2.04. The van der Waals surface area contributed by atoms with Gasteiger partial charge in [0.2, 0.25) is 0 Å². The number of aromatic nitrogens is 3. The van der Waals surface area contributed by atoms with Crippen molar-refractivity contribution in [2.75, 3.05) is 0 Å². The standard InChI is InChI=1S/C10H7FN4O3/c11-5-3-1-2-4(10(17)18)6(5)7-8(9(12)16)14-15-13-7/h1-3H,(H2,12,16)(H,17,18)(H,13,14,15). The van der Waals surface area contributed by atoms with Gasteiger partial charge >= 0.3 is 5.97 Å². The van der Waals surface area contributed by atoms with Gasteiger partial charge in [0.1, 0.15) is 11.5 Å². The molecule has 0 bridgehead atoms. The number of H-pyrrole nitrogens is 1. The lowest BCUT2D eigenvalue weighted by Crippen LogP contribution is -2.14. The summed E-state index contributed by atoms with van der Waals surface area (Å²) in [6, 6.07) is 3.49. The highest BCUT2D eigenvalue weighted by Gasteiger charge is 2.23. The van der Waals surface area contributed by atoms with Crippen molar-refractivity contribution in [3.05, 3.63) is 35.3 Å². The predicted octanol–water partition coefficient (Wildman–Crippen LogP) is 0.408. The summed E-state index contributed by atoms with van der Waals surface area (Å²) < 4.78 is 13.7. The smallest absolute Gasteiger partial charge is 0.336 e. The Morgan fingerprint density at radius 3 is 2.67 bits per heavy atom. The number of hydrogen-bond donors (Lipinski definition) is 3. The van der Waals surface area contributed by atoms with Crippen LogP contribution in [0.25, 0.3) is 11.3 Å². The van der Waals surface area contributed by atoms with Gasteiger partial charge in [-0.1, -0.05) is 6.07 Å². The zero-order valence-corrected chi connectivity index (χ0v) is 8.85. The van der Waals surface area contributed by atoms with E-state index in [1.54, 1.807) is 0 Å². The molecule has 8 heteroatoms. The van der Waals surface area contributed by atoms with E-state index in [-0.39, 0.29) is 22.5 Å². The van der Waals surface area contributed by atoms with Crippen molar-refractivity contribution in [1.29, 1.82) is 0 Å². The first-order valence-corrected chi connectivity index (χ1v) is 4.75. The average Bonchev–Trinajstić information content (AvgIpc) is 2.77. The summed E-state index contributed by atoms with van der Waals surface area (Å²) in [7, 11) is 0. The number of nitrogens with one attached hydrogen (secondary N) is 1. The van der Waals surface area contributed by atoms with Crippen molar-refractivity contribution in [2.45, 2.75) is 0 Å². The number of amides is 1. The molecule has 0 aliphatic rings. The van der Waals surface area contributed by atoms with Crippen molar-refractivity contribution in [3.63, 3.8) is 0 Å². The summed E-state index contributed by atoms with van der Waals surface area (Å²) in [6.45, 7) is 0. The summed E-state index contributed by atoms with van der Waals surface area (Å²) in [6.07, 6.45) is 0. The molecule has 0 saturated heterocycles. The lowest BCUT2D eigenvalue weighted by molar-refractivity contribution is 0.0697. The molecule has 2 aromatic rings. The maximum Gasteiger partial charge on any atom is 0.336 e. The van der Waals surface area contributed by atoms with Crippen LogP contribution in [0, 0.1) is 5.82 Å². The van der Waals surface area contributed by atoms with Crippen molar-refractivity contribution in [1.82, 2.24) is 15.4 Å². The van der Waals surface area contributed by atoms with Gasteiger partial charge in [0.25, 0.3) is 5.91 Å². The monoisotopic (exact) mass is 250 g/mol. The molecule has 0 radical (unpaired) electrons. The van der Waals surface area contributed by atoms with E-state index < -0.39 is 17.7 Å². The molecule has 92 valence electrons. The highest BCUT2D eigenvalue weighted by molar-refractivity contribution is 6.01. The van der Waals surface area contributed by atoms with Crippen LogP contribution < -0.4 is 5.73 Å². The fraction of sp³-hybridized carbons (Fsp3) is 0. The van der Waals surface area contributed by atoms with Gasteiger partial charge in [0.15, 0.2) is 5.69 Å². The Kier molecular flexibility index (Phi) is 2.76. The van der Waals surface area contributed by atoms with Crippen LogP contribution in [0.15, 0.2) is 18.2 Å². The van der Waals surface area contributed by atoms with Crippen molar-refractivity contribution >= 4 is 11.9 Å². The van der Waals surface area contributed by atoms with E-state index >= 15 is 0 Å². The summed E-state index contributed by atoms with van der Waals surface area (Å²) >= 11 is 0. The highest BCUT2D eigenvalue weighted by Crippen LogP contribution is 2.26. The lowest BCUT2D eigenvalue weighted by atomic mass is 10.0. The number of carbonyl (C=O) groups excluding carboxylic acids is 1. The van der Waals surface area contributed by atoms with Crippen LogP contribution >= 0.6 is 0 Å². The number of hydrogen-bond acceptors (Lipinski definition) is 4. The Labute approximate surface area is 99.4 Å². The number of aromatic amines is 1. The highest BCUT2D eigenvalue weighted by atomic mass is 19.1. The first-order valence-electron chi connectivity index (χ1n) is 4.75. The third-order valence-electron chi connectivity index (χ3n) is 2.26. The number of nitrogens with zero attached hydrogens (tertiary/aromatic N) is 2. The minimum atomic E-state index is -1.34. The molecule has 0 aliphatic carbocycles. The topological polar surface area (TPSA) is 122 Å². The van der Waals surface area contributed by atoms with E-state index in [0.29, 0.717) is 0 Å². The van der Waals surface area contributed by atoms with Gasteiger partial charge in [-0.05, 0) is 12.1 Å². The minimum absolute atomic E-state index is 0.224. The summed E-state index contributed by atoms with van der Waals surface area (Å²) in [5.41, 5.74) is 3.85. The van der Waals surface area contributed by atoms with Crippen LogP contribution in [-0.4, -0.2) is 32.4 Å². The molecule has 0 aliphatic heterocycles. The van der Waals surface area contributed by atoms with Crippen LogP contribution in [0.2, 0.25) is 0 Å². The molecule has 7 nitrogen and oxygen atoms in total. The number of nitrogens with two attached hydrogens (primary N) is 1. The molecular formula is C10H7FN4O3. The Morgan fingerprint density at radius 2 is 2.06 bits per heavy atom. The van der Waals surface area contributed by atoms with Gasteiger partial charge in [-0.2, -0.15) is 15.4 Å². The fourth-order valence-electron chi connectivity index (χ4n) is 1.52. The third kappa shape index (κ3) is 1.79. The Balaban J connectivity index is 2.74. The second-order valence-electron chi connectivity index (χ2n) is 3.35. The van der Waals surface area contributed by atoms with E-state index in [1.165, 1.54) is 12.1 Å². The number of carbonyl (C=O) groups is 2. The summed E-state index contributed by atoms with van der Waals surface area (Å²) in [5, 5.41) is 18.1. The number of primary amides is 1. The number of benzene rings is 1. The minimum Gasteiger partial charge on any atom is -0.478 e. The van der Waals surface area contributed by atoms with E-state index in [9.17, 15) is 14.0 Å². The van der Waals surface area contributed by atoms with Crippen LogP contribution in [-0.2, 0) is 0 Å². The quantitative estimate of drug-likeness (QED) is 0.728. The van der Waals surface area contributed by atoms with Crippen molar-refractivity contribution in [2.24, 2.45) is 5.73 Å². The molecule has 4 N–H and O–H groups in total. The van der Waals surface area contributed by atoms with Crippen LogP contribution in [0.4, 0.5) is 4.39 Å². The van der Waals surface area contributed by atoms with Crippen LogP contribution in [0.1, 0.15) is 20.8 Å². The normalized spacial score (nSPS) is 10.3. The van der Waals surface area contributed by atoms with Gasteiger partial charge in [-0.3, -0.25) is 4.79 Å².